The largest absolute Gasteiger partial charge is 0.389 e. The first kappa shape index (κ1) is 14.3. The molecule has 0 unspecified atom stereocenters. The van der Waals surface area contributed by atoms with Gasteiger partial charge in [-0.05, 0) is 18.2 Å². The number of halogens is 2. The summed E-state index contributed by atoms with van der Waals surface area (Å²) in [6, 6.07) is 4.44. The molecule has 1 aromatic heterocycles. The molecule has 0 aliphatic heterocycles. The zero-order valence-electron chi connectivity index (χ0n) is 10.1. The number of amidine groups is 1. The molecule has 20 heavy (non-hydrogen) atoms. The molecular formula is C11H10Cl2N5O2+. The molecule has 0 aliphatic carbocycles. The topological polar surface area (TPSA) is 97.0 Å². The van der Waals surface area contributed by atoms with Crippen molar-refractivity contribution in [2.24, 2.45) is 5.73 Å². The number of aromatic nitrogens is 3. The Balaban J connectivity index is 2.00. The lowest BCUT2D eigenvalue weighted by Crippen LogP contribution is -2.76. The van der Waals surface area contributed by atoms with E-state index >= 15 is 0 Å². The number of hydrogen-bond donors (Lipinski definition) is 2. The zero-order valence-corrected chi connectivity index (χ0v) is 11.6. The lowest BCUT2D eigenvalue weighted by atomic mass is 10.2. The third-order valence-electron chi connectivity index (χ3n) is 2.22. The maximum Gasteiger partial charge on any atom is 0.389 e. The van der Waals surface area contributed by atoms with Crippen LogP contribution in [0, 0.1) is 0 Å². The predicted molar refractivity (Wildman–Crippen MR) is 72.1 cm³/mol. The SMILES string of the molecule is NC(Cn1cncn1)=[NH+]OC(=O)c1ccc(Cl)cc1Cl. The van der Waals surface area contributed by atoms with E-state index in [-0.39, 0.29) is 23.0 Å². The van der Waals surface area contributed by atoms with Gasteiger partial charge in [0, 0.05) is 5.02 Å². The molecule has 0 aliphatic rings. The number of benzene rings is 1. The maximum atomic E-state index is 11.8. The quantitative estimate of drug-likeness (QED) is 0.352. The van der Waals surface area contributed by atoms with Crippen LogP contribution in [0.1, 0.15) is 10.4 Å². The van der Waals surface area contributed by atoms with Crippen LogP contribution >= 0.6 is 23.2 Å². The number of hydrogen-bond acceptors (Lipinski definition) is 4. The van der Waals surface area contributed by atoms with Crippen LogP contribution in [0.4, 0.5) is 0 Å². The Morgan fingerprint density at radius 3 is 2.90 bits per heavy atom. The average Bonchev–Trinajstić information content (AvgIpc) is 2.89. The minimum Gasteiger partial charge on any atom is -0.287 e. The van der Waals surface area contributed by atoms with Crippen molar-refractivity contribution in [1.82, 2.24) is 14.8 Å². The summed E-state index contributed by atoms with van der Waals surface area (Å²) >= 11 is 11.6. The maximum absolute atomic E-state index is 11.8. The minimum absolute atomic E-state index is 0.178. The van der Waals surface area contributed by atoms with E-state index in [2.05, 4.69) is 15.2 Å². The van der Waals surface area contributed by atoms with E-state index in [4.69, 9.17) is 33.8 Å². The Hall–Kier alpha value is -2.12. The van der Waals surface area contributed by atoms with Crippen LogP contribution in [0.3, 0.4) is 0 Å². The molecule has 0 saturated heterocycles. The fourth-order valence-corrected chi connectivity index (χ4v) is 1.83. The standard InChI is InChI=1S/C11H9Cl2N5O2/c12-7-1-2-8(9(13)3-7)11(19)20-17-10(14)4-18-6-15-5-16-18/h1-3,5-6H,4H2,(H2,14,17)/p+1. The number of rotatable bonds is 4. The molecule has 3 N–H and O–H groups in total. The van der Waals surface area contributed by atoms with Crippen molar-refractivity contribution in [1.29, 1.82) is 0 Å². The van der Waals surface area contributed by atoms with Gasteiger partial charge in [-0.25, -0.2) is 14.5 Å². The van der Waals surface area contributed by atoms with E-state index in [1.807, 2.05) is 0 Å². The summed E-state index contributed by atoms with van der Waals surface area (Å²) in [7, 11) is 0. The second kappa shape index (κ2) is 6.36. The van der Waals surface area contributed by atoms with Gasteiger partial charge in [-0.2, -0.15) is 5.10 Å². The van der Waals surface area contributed by atoms with Crippen molar-refractivity contribution in [2.45, 2.75) is 6.54 Å². The molecule has 0 radical (unpaired) electrons. The van der Waals surface area contributed by atoms with Gasteiger partial charge < -0.3 is 0 Å². The summed E-state index contributed by atoms with van der Waals surface area (Å²) in [5, 5.41) is 6.80. The van der Waals surface area contributed by atoms with Crippen LogP contribution in [0.25, 0.3) is 0 Å². The highest BCUT2D eigenvalue weighted by atomic mass is 35.5. The Labute approximate surface area is 123 Å². The van der Waals surface area contributed by atoms with Crippen molar-refractivity contribution >= 4 is 35.0 Å². The molecule has 1 aromatic carbocycles. The van der Waals surface area contributed by atoms with Gasteiger partial charge in [0.05, 0.1) is 10.6 Å². The fraction of sp³-hybridized carbons (Fsp3) is 0.0909. The van der Waals surface area contributed by atoms with Gasteiger partial charge in [0.1, 0.15) is 19.2 Å². The van der Waals surface area contributed by atoms with Gasteiger partial charge in [0.2, 0.25) is 0 Å². The molecule has 0 amide bonds. The van der Waals surface area contributed by atoms with Gasteiger partial charge in [-0.1, -0.05) is 28.4 Å². The zero-order chi connectivity index (χ0) is 14.5. The van der Waals surface area contributed by atoms with Crippen molar-refractivity contribution in [3.05, 3.63) is 46.5 Å². The fourth-order valence-electron chi connectivity index (χ4n) is 1.34. The Kier molecular flexibility index (Phi) is 4.54. The smallest absolute Gasteiger partial charge is 0.287 e. The summed E-state index contributed by atoms with van der Waals surface area (Å²) in [6.45, 7) is 0.210. The highest BCUT2D eigenvalue weighted by molar-refractivity contribution is 6.36. The normalized spacial score (nSPS) is 11.4. The van der Waals surface area contributed by atoms with Crippen molar-refractivity contribution in [3.8, 4) is 0 Å². The lowest BCUT2D eigenvalue weighted by molar-refractivity contribution is -0.722. The van der Waals surface area contributed by atoms with E-state index in [0.29, 0.717) is 5.02 Å². The Morgan fingerprint density at radius 2 is 2.25 bits per heavy atom. The highest BCUT2D eigenvalue weighted by Crippen LogP contribution is 2.20. The molecule has 1 heterocycles. The van der Waals surface area contributed by atoms with Crippen LogP contribution < -0.4 is 10.9 Å². The monoisotopic (exact) mass is 314 g/mol. The Bertz CT molecular complexity index is 642. The minimum atomic E-state index is -0.673. The van der Waals surface area contributed by atoms with Gasteiger partial charge in [-0.3, -0.25) is 10.6 Å². The number of nitrogens with two attached hydrogens (primary N) is 1. The molecule has 0 fully saturated rings. The number of nitrogens with zero attached hydrogens (tertiary/aromatic N) is 3. The molecule has 0 atom stereocenters. The van der Waals surface area contributed by atoms with E-state index in [1.54, 1.807) is 0 Å². The van der Waals surface area contributed by atoms with E-state index in [9.17, 15) is 4.79 Å². The predicted octanol–water partition coefficient (Wildman–Crippen LogP) is -0.205. The first-order valence-corrected chi connectivity index (χ1v) is 6.18. The molecule has 9 heteroatoms. The van der Waals surface area contributed by atoms with Crippen LogP contribution in [-0.2, 0) is 11.4 Å². The molecule has 0 spiro atoms. The second-order valence-electron chi connectivity index (χ2n) is 3.73. The molecular weight excluding hydrogens is 305 g/mol. The number of nitrogens with one attached hydrogen (secondary N) is 1. The summed E-state index contributed by atoms with van der Waals surface area (Å²) in [5.41, 5.74) is 5.82. The van der Waals surface area contributed by atoms with Gasteiger partial charge >= 0.3 is 11.8 Å². The van der Waals surface area contributed by atoms with E-state index in [1.165, 1.54) is 35.5 Å². The molecule has 2 aromatic rings. The molecule has 104 valence electrons. The van der Waals surface area contributed by atoms with Crippen molar-refractivity contribution in [3.63, 3.8) is 0 Å². The summed E-state index contributed by atoms with van der Waals surface area (Å²) in [6.07, 6.45) is 2.85. The van der Waals surface area contributed by atoms with Gasteiger partial charge in [0.15, 0.2) is 0 Å². The third kappa shape index (κ3) is 3.69. The van der Waals surface area contributed by atoms with Crippen LogP contribution in [-0.4, -0.2) is 26.6 Å². The summed E-state index contributed by atoms with van der Waals surface area (Å²) in [4.78, 5) is 20.3. The lowest BCUT2D eigenvalue weighted by Gasteiger charge is -2.01. The van der Waals surface area contributed by atoms with Crippen LogP contribution in [0.5, 0.6) is 0 Å². The number of carbonyl (C=O) groups excluding carboxylic acids is 1. The molecule has 0 saturated carbocycles. The summed E-state index contributed by atoms with van der Waals surface area (Å²) < 4.78 is 1.46. The van der Waals surface area contributed by atoms with Crippen molar-refractivity contribution in [2.75, 3.05) is 0 Å². The molecule has 2 rings (SSSR count). The summed E-state index contributed by atoms with van der Waals surface area (Å²) in [5.74, 6) is -0.484. The van der Waals surface area contributed by atoms with E-state index in [0.717, 1.165) is 0 Å². The number of carbonyl (C=O) groups is 1. The van der Waals surface area contributed by atoms with Gasteiger partial charge in [-0.15, -0.1) is 0 Å². The first-order valence-electron chi connectivity index (χ1n) is 5.42. The van der Waals surface area contributed by atoms with Crippen molar-refractivity contribution < 1.29 is 14.8 Å². The average molecular weight is 315 g/mol. The van der Waals surface area contributed by atoms with Gasteiger partial charge in [0.25, 0.3) is 0 Å². The molecule has 7 nitrogen and oxygen atoms in total. The first-order chi connectivity index (χ1) is 9.56. The van der Waals surface area contributed by atoms with Crippen LogP contribution in [0.2, 0.25) is 10.0 Å². The van der Waals surface area contributed by atoms with E-state index < -0.39 is 5.97 Å². The van der Waals surface area contributed by atoms with Crippen LogP contribution in [0.15, 0.2) is 30.9 Å². The molecule has 0 bridgehead atoms. The second-order valence-corrected chi connectivity index (χ2v) is 4.58. The highest BCUT2D eigenvalue weighted by Gasteiger charge is 2.14. The third-order valence-corrected chi connectivity index (χ3v) is 2.77. The Morgan fingerprint density at radius 1 is 1.45 bits per heavy atom.